The second-order valence-electron chi connectivity index (χ2n) is 6.40. The van der Waals surface area contributed by atoms with Crippen molar-refractivity contribution in [2.45, 2.75) is 12.8 Å². The van der Waals surface area contributed by atoms with Gasteiger partial charge in [0.25, 0.3) is 5.91 Å². The summed E-state index contributed by atoms with van der Waals surface area (Å²) in [6.45, 7) is 0. The molecule has 0 bridgehead atoms. The number of nitrogens with zero attached hydrogens (tertiary/aromatic N) is 2. The Morgan fingerprint density at radius 1 is 1.14 bits per heavy atom. The zero-order valence-electron chi connectivity index (χ0n) is 15.2. The molecule has 140 valence electrons. The molecule has 1 aliphatic rings. The van der Waals surface area contributed by atoms with Crippen molar-refractivity contribution in [2.75, 3.05) is 7.11 Å². The Morgan fingerprint density at radius 3 is 2.71 bits per heavy atom. The molecule has 2 aromatic carbocycles. The smallest absolute Gasteiger partial charge is 0.337 e. The first-order valence-corrected chi connectivity index (χ1v) is 8.84. The minimum atomic E-state index is -0.401. The molecule has 0 aliphatic heterocycles. The molecule has 0 atom stereocenters. The van der Waals surface area contributed by atoms with Crippen LogP contribution < -0.4 is 5.43 Å². The van der Waals surface area contributed by atoms with Crippen molar-refractivity contribution in [3.63, 3.8) is 0 Å². The van der Waals surface area contributed by atoms with Crippen LogP contribution in [0.15, 0.2) is 53.6 Å². The number of hydrogen-bond acceptors (Lipinski definition) is 5. The van der Waals surface area contributed by atoms with Crippen LogP contribution in [0.1, 0.15) is 37.5 Å². The van der Waals surface area contributed by atoms with Crippen LogP contribution in [0, 0.1) is 0 Å². The van der Waals surface area contributed by atoms with E-state index in [9.17, 15) is 9.59 Å². The van der Waals surface area contributed by atoms with Gasteiger partial charge in [-0.3, -0.25) is 9.89 Å². The summed E-state index contributed by atoms with van der Waals surface area (Å²) in [5.74, 6) is -0.738. The summed E-state index contributed by atoms with van der Waals surface area (Å²) < 4.78 is 4.66. The predicted molar refractivity (Wildman–Crippen MR) is 104 cm³/mol. The molecule has 0 saturated heterocycles. The molecule has 4 rings (SSSR count). The van der Waals surface area contributed by atoms with Gasteiger partial charge < -0.3 is 4.74 Å². The SMILES string of the molecule is COC(=O)c1ccc(C=NNC(=O)c2[nH]nc3c2CCc2ccccc2-3)cc1. The molecule has 0 spiro atoms. The van der Waals surface area contributed by atoms with Crippen LogP contribution in [0.25, 0.3) is 11.3 Å². The molecular weight excluding hydrogens is 356 g/mol. The topological polar surface area (TPSA) is 96.4 Å². The first kappa shape index (κ1) is 17.7. The number of fused-ring (bicyclic) bond motifs is 3. The van der Waals surface area contributed by atoms with E-state index in [1.165, 1.54) is 18.9 Å². The van der Waals surface area contributed by atoms with Crippen molar-refractivity contribution in [3.8, 4) is 11.3 Å². The first-order valence-electron chi connectivity index (χ1n) is 8.84. The molecule has 0 radical (unpaired) electrons. The molecular formula is C21H18N4O3. The summed E-state index contributed by atoms with van der Waals surface area (Å²) in [6, 6.07) is 14.8. The van der Waals surface area contributed by atoms with Gasteiger partial charge >= 0.3 is 5.97 Å². The van der Waals surface area contributed by atoms with Gasteiger partial charge in [0.15, 0.2) is 0 Å². The number of methoxy groups -OCH3 is 1. The number of aryl methyl sites for hydroxylation is 1. The van der Waals surface area contributed by atoms with Crippen molar-refractivity contribution >= 4 is 18.1 Å². The lowest BCUT2D eigenvalue weighted by atomic mass is 9.89. The Kier molecular flexibility index (Phi) is 4.72. The normalized spacial score (nSPS) is 12.3. The van der Waals surface area contributed by atoms with Crippen molar-refractivity contribution in [2.24, 2.45) is 5.10 Å². The van der Waals surface area contributed by atoms with Gasteiger partial charge in [-0.15, -0.1) is 0 Å². The first-order chi connectivity index (χ1) is 13.7. The highest BCUT2D eigenvalue weighted by molar-refractivity contribution is 5.96. The van der Waals surface area contributed by atoms with E-state index < -0.39 is 5.97 Å². The van der Waals surface area contributed by atoms with E-state index >= 15 is 0 Å². The third-order valence-electron chi connectivity index (χ3n) is 4.72. The molecule has 0 unspecified atom stereocenters. The fraction of sp³-hybridized carbons (Fsp3) is 0.143. The van der Waals surface area contributed by atoms with E-state index in [4.69, 9.17) is 0 Å². The average Bonchev–Trinajstić information content (AvgIpc) is 3.18. The summed E-state index contributed by atoms with van der Waals surface area (Å²) in [6.07, 6.45) is 3.14. The third-order valence-corrected chi connectivity index (χ3v) is 4.72. The molecule has 28 heavy (non-hydrogen) atoms. The van der Waals surface area contributed by atoms with Crippen molar-refractivity contribution < 1.29 is 14.3 Å². The van der Waals surface area contributed by atoms with Crippen molar-refractivity contribution in [1.82, 2.24) is 15.6 Å². The third kappa shape index (κ3) is 3.29. The Bertz CT molecular complexity index is 1070. The number of nitrogens with one attached hydrogen (secondary N) is 2. The van der Waals surface area contributed by atoms with Crippen LogP contribution in [0.5, 0.6) is 0 Å². The summed E-state index contributed by atoms with van der Waals surface area (Å²) in [5.41, 5.74) is 8.19. The van der Waals surface area contributed by atoms with Gasteiger partial charge in [0, 0.05) is 11.1 Å². The lowest BCUT2D eigenvalue weighted by Crippen LogP contribution is -2.20. The van der Waals surface area contributed by atoms with Gasteiger partial charge in [-0.05, 0) is 36.1 Å². The molecule has 7 heteroatoms. The maximum absolute atomic E-state index is 12.5. The van der Waals surface area contributed by atoms with Crippen LogP contribution in [0.4, 0.5) is 0 Å². The number of aromatic amines is 1. The molecule has 0 saturated carbocycles. The lowest BCUT2D eigenvalue weighted by molar-refractivity contribution is 0.0600. The van der Waals surface area contributed by atoms with Gasteiger partial charge in [-0.1, -0.05) is 36.4 Å². The quantitative estimate of drug-likeness (QED) is 0.417. The monoisotopic (exact) mass is 374 g/mol. The number of ether oxygens (including phenoxy) is 1. The van der Waals surface area contributed by atoms with Gasteiger partial charge in [0.2, 0.25) is 0 Å². The number of benzene rings is 2. The number of amides is 1. The predicted octanol–water partition coefficient (Wildman–Crippen LogP) is 2.73. The summed E-state index contributed by atoms with van der Waals surface area (Å²) in [5, 5.41) is 11.2. The maximum Gasteiger partial charge on any atom is 0.337 e. The van der Waals surface area contributed by atoms with E-state index in [-0.39, 0.29) is 5.91 Å². The highest BCUT2D eigenvalue weighted by Crippen LogP contribution is 2.33. The maximum atomic E-state index is 12.5. The average molecular weight is 374 g/mol. The number of hydrazone groups is 1. The zero-order valence-corrected chi connectivity index (χ0v) is 15.2. The van der Waals surface area contributed by atoms with Crippen LogP contribution in [-0.4, -0.2) is 35.4 Å². The summed E-state index contributed by atoms with van der Waals surface area (Å²) >= 11 is 0. The highest BCUT2D eigenvalue weighted by atomic mass is 16.5. The van der Waals surface area contributed by atoms with E-state index in [2.05, 4.69) is 31.5 Å². The summed E-state index contributed by atoms with van der Waals surface area (Å²) in [7, 11) is 1.33. The van der Waals surface area contributed by atoms with E-state index in [0.29, 0.717) is 11.3 Å². The molecule has 1 amide bonds. The Morgan fingerprint density at radius 2 is 1.93 bits per heavy atom. The molecule has 1 aliphatic carbocycles. The number of esters is 1. The van der Waals surface area contributed by atoms with Crippen LogP contribution in [-0.2, 0) is 17.6 Å². The Balaban J connectivity index is 1.46. The fourth-order valence-electron chi connectivity index (χ4n) is 3.29. The van der Waals surface area contributed by atoms with E-state index in [0.717, 1.165) is 35.2 Å². The second-order valence-corrected chi connectivity index (χ2v) is 6.40. The molecule has 0 fully saturated rings. The van der Waals surface area contributed by atoms with E-state index in [1.54, 1.807) is 24.3 Å². The van der Waals surface area contributed by atoms with Crippen LogP contribution in [0.3, 0.4) is 0 Å². The number of aromatic nitrogens is 2. The van der Waals surface area contributed by atoms with Gasteiger partial charge in [0.05, 0.1) is 24.6 Å². The van der Waals surface area contributed by atoms with E-state index in [1.807, 2.05) is 18.2 Å². The molecule has 7 nitrogen and oxygen atoms in total. The van der Waals surface area contributed by atoms with Gasteiger partial charge in [-0.2, -0.15) is 10.2 Å². The van der Waals surface area contributed by atoms with Crippen LogP contribution >= 0.6 is 0 Å². The minimum Gasteiger partial charge on any atom is -0.465 e. The van der Waals surface area contributed by atoms with Gasteiger partial charge in [0.1, 0.15) is 5.69 Å². The number of carbonyl (C=O) groups excluding carboxylic acids is 2. The van der Waals surface area contributed by atoms with Crippen LogP contribution in [0.2, 0.25) is 0 Å². The zero-order chi connectivity index (χ0) is 19.5. The number of H-pyrrole nitrogens is 1. The lowest BCUT2D eigenvalue weighted by Gasteiger charge is -2.15. The van der Waals surface area contributed by atoms with Gasteiger partial charge in [-0.25, -0.2) is 10.2 Å². The number of rotatable bonds is 4. The standard InChI is InChI=1S/C21H18N4O3/c1-28-21(27)15-8-6-13(7-9-15)12-22-25-20(26)19-17-11-10-14-4-2-3-5-16(14)18(17)23-24-19/h2-9,12H,10-11H2,1H3,(H,23,24)(H,25,26). The number of carbonyl (C=O) groups is 2. The molecule has 3 aromatic rings. The minimum absolute atomic E-state index is 0.337. The van der Waals surface area contributed by atoms with Crippen molar-refractivity contribution in [1.29, 1.82) is 0 Å². The van der Waals surface area contributed by atoms with Crippen molar-refractivity contribution in [3.05, 3.63) is 76.5 Å². The molecule has 1 heterocycles. The largest absolute Gasteiger partial charge is 0.465 e. The Hall–Kier alpha value is -3.74. The molecule has 1 aromatic heterocycles. The second kappa shape index (κ2) is 7.48. The fourth-order valence-corrected chi connectivity index (χ4v) is 3.29. The highest BCUT2D eigenvalue weighted by Gasteiger charge is 2.24. The number of hydrogen-bond donors (Lipinski definition) is 2. The molecule has 2 N–H and O–H groups in total. The Labute approximate surface area is 161 Å². The summed E-state index contributed by atoms with van der Waals surface area (Å²) in [4.78, 5) is 23.9.